The van der Waals surface area contributed by atoms with Crippen LogP contribution in [0.1, 0.15) is 88.5 Å². The van der Waals surface area contributed by atoms with Crippen LogP contribution in [0.2, 0.25) is 5.02 Å². The standard InChI is InChI=1S/C32H36ClF2N5O4S/c1-31(2,3)44-30(43)32(4,5)16-40-14-12-21(39-40)17-6-8-18(9-7-17)25-22(29(41)42)26(19-10-11-20(34)24(35)23(19)33)38-27(37-25)28-36-13-15-45-28/h10-15,17-18,26H,6-9,16H2,1-5H3,(H,37,38)(H,41,42). The summed E-state index contributed by atoms with van der Waals surface area (Å²) in [5, 5.41) is 20.2. The number of carboxylic acid groups (broad SMARTS) is 1. The summed E-state index contributed by atoms with van der Waals surface area (Å²) in [6.07, 6.45) is 6.28. The number of nitrogens with zero attached hydrogens (tertiary/aromatic N) is 4. The number of aromatic nitrogens is 3. The van der Waals surface area contributed by atoms with Gasteiger partial charge in [-0.15, -0.1) is 11.3 Å². The van der Waals surface area contributed by atoms with E-state index in [0.29, 0.717) is 35.9 Å². The second kappa shape index (κ2) is 12.6. The molecule has 1 atom stereocenters. The molecule has 3 aromatic rings. The van der Waals surface area contributed by atoms with E-state index < -0.39 is 39.7 Å². The van der Waals surface area contributed by atoms with Crippen molar-refractivity contribution in [2.24, 2.45) is 16.3 Å². The number of carboxylic acids is 1. The van der Waals surface area contributed by atoms with Crippen molar-refractivity contribution in [2.75, 3.05) is 0 Å². The average Bonchev–Trinajstić information content (AvgIpc) is 3.67. The molecule has 2 N–H and O–H groups in total. The first-order valence-electron chi connectivity index (χ1n) is 14.8. The van der Waals surface area contributed by atoms with Crippen LogP contribution < -0.4 is 5.32 Å². The maximum atomic E-state index is 14.5. The molecular weight excluding hydrogens is 624 g/mol. The van der Waals surface area contributed by atoms with Gasteiger partial charge in [-0.05, 0) is 78.4 Å². The van der Waals surface area contributed by atoms with E-state index in [1.54, 1.807) is 16.3 Å². The third-order valence-corrected chi connectivity index (χ3v) is 9.19. The number of carbonyl (C=O) groups is 2. The maximum Gasteiger partial charge on any atom is 0.335 e. The van der Waals surface area contributed by atoms with Crippen molar-refractivity contribution in [1.82, 2.24) is 20.1 Å². The van der Waals surface area contributed by atoms with Crippen LogP contribution in [0.3, 0.4) is 0 Å². The molecule has 0 radical (unpaired) electrons. The molecule has 1 saturated carbocycles. The van der Waals surface area contributed by atoms with Crippen LogP contribution in [0, 0.1) is 23.0 Å². The Morgan fingerprint density at radius 3 is 2.42 bits per heavy atom. The van der Waals surface area contributed by atoms with E-state index in [4.69, 9.17) is 21.4 Å². The number of ether oxygens (including phenoxy) is 1. The fourth-order valence-corrected chi connectivity index (χ4v) is 6.64. The number of benzene rings is 1. The van der Waals surface area contributed by atoms with Gasteiger partial charge in [-0.1, -0.05) is 17.7 Å². The topological polar surface area (TPSA) is 119 Å². The van der Waals surface area contributed by atoms with Crippen molar-refractivity contribution in [3.8, 4) is 0 Å². The minimum Gasteiger partial charge on any atom is -0.478 e. The van der Waals surface area contributed by atoms with E-state index in [1.807, 2.05) is 46.9 Å². The highest BCUT2D eigenvalue weighted by Crippen LogP contribution is 2.43. The number of allylic oxidation sites excluding steroid dienone is 1. The van der Waals surface area contributed by atoms with E-state index >= 15 is 0 Å². The highest BCUT2D eigenvalue weighted by molar-refractivity contribution is 7.11. The minimum absolute atomic E-state index is 0.0553. The molecular formula is C32H36ClF2N5O4S. The quantitative estimate of drug-likeness (QED) is 0.197. The first-order valence-corrected chi connectivity index (χ1v) is 16.0. The van der Waals surface area contributed by atoms with Crippen molar-refractivity contribution in [1.29, 1.82) is 0 Å². The van der Waals surface area contributed by atoms with Gasteiger partial charge in [-0.3, -0.25) is 14.5 Å². The van der Waals surface area contributed by atoms with Crippen LogP contribution in [0.15, 0.2) is 52.2 Å². The Bertz CT molecular complexity index is 1650. The second-order valence-corrected chi connectivity index (χ2v) is 14.4. The number of hydrogen-bond donors (Lipinski definition) is 2. The lowest BCUT2D eigenvalue weighted by molar-refractivity contribution is -0.166. The van der Waals surface area contributed by atoms with Crippen LogP contribution >= 0.6 is 22.9 Å². The highest BCUT2D eigenvalue weighted by Gasteiger charge is 2.38. The lowest BCUT2D eigenvalue weighted by Crippen LogP contribution is -2.37. The Labute approximate surface area is 269 Å². The number of thiazole rings is 1. The number of halogens is 3. The molecule has 45 heavy (non-hydrogen) atoms. The van der Waals surface area contributed by atoms with Gasteiger partial charge in [0, 0.05) is 35.0 Å². The number of aliphatic carboxylic acids is 1. The van der Waals surface area contributed by atoms with Crippen LogP contribution in [0.25, 0.3) is 0 Å². The predicted molar refractivity (Wildman–Crippen MR) is 167 cm³/mol. The summed E-state index contributed by atoms with van der Waals surface area (Å²) >= 11 is 7.54. The number of aliphatic imine (C=N–C) groups is 1. The zero-order chi connectivity index (χ0) is 32.7. The number of nitrogens with one attached hydrogen (secondary N) is 1. The van der Waals surface area contributed by atoms with Gasteiger partial charge in [-0.2, -0.15) is 5.10 Å². The number of hydrogen-bond acceptors (Lipinski definition) is 8. The zero-order valence-electron chi connectivity index (χ0n) is 25.7. The highest BCUT2D eigenvalue weighted by atomic mass is 35.5. The molecule has 1 aliphatic carbocycles. The Balaban J connectivity index is 1.37. The normalized spacial score (nSPS) is 20.9. The number of amidine groups is 1. The molecule has 1 fully saturated rings. The average molecular weight is 660 g/mol. The van der Waals surface area contributed by atoms with Gasteiger partial charge in [0.1, 0.15) is 11.6 Å². The molecule has 5 rings (SSSR count). The molecule has 240 valence electrons. The van der Waals surface area contributed by atoms with Crippen molar-refractivity contribution < 1.29 is 28.2 Å². The van der Waals surface area contributed by atoms with Crippen molar-refractivity contribution >= 4 is 40.7 Å². The number of esters is 1. The fourth-order valence-electron chi connectivity index (χ4n) is 5.80. The minimum atomic E-state index is -1.25. The first kappa shape index (κ1) is 32.7. The van der Waals surface area contributed by atoms with Gasteiger partial charge < -0.3 is 15.2 Å². The van der Waals surface area contributed by atoms with Crippen LogP contribution in [-0.4, -0.2) is 43.2 Å². The van der Waals surface area contributed by atoms with E-state index in [-0.39, 0.29) is 28.9 Å². The molecule has 0 spiro atoms. The predicted octanol–water partition coefficient (Wildman–Crippen LogP) is 7.04. The van der Waals surface area contributed by atoms with Gasteiger partial charge in [0.05, 0.1) is 28.2 Å². The monoisotopic (exact) mass is 659 g/mol. The largest absolute Gasteiger partial charge is 0.478 e. The Morgan fingerprint density at radius 2 is 1.80 bits per heavy atom. The smallest absolute Gasteiger partial charge is 0.335 e. The third kappa shape index (κ3) is 7.12. The molecule has 9 nitrogen and oxygen atoms in total. The summed E-state index contributed by atoms with van der Waals surface area (Å²) in [6.45, 7) is 9.55. The first-order chi connectivity index (χ1) is 21.1. The van der Waals surface area contributed by atoms with Crippen LogP contribution in [-0.2, 0) is 20.9 Å². The lowest BCUT2D eigenvalue weighted by Gasteiger charge is -2.34. The van der Waals surface area contributed by atoms with Crippen molar-refractivity contribution in [3.63, 3.8) is 0 Å². The van der Waals surface area contributed by atoms with E-state index in [1.165, 1.54) is 17.4 Å². The summed E-state index contributed by atoms with van der Waals surface area (Å²) in [7, 11) is 0. The summed E-state index contributed by atoms with van der Waals surface area (Å²) in [5.41, 5.74) is 0.0321. The molecule has 13 heteroatoms. The second-order valence-electron chi connectivity index (χ2n) is 13.1. The summed E-state index contributed by atoms with van der Waals surface area (Å²) < 4.78 is 35.8. The Hall–Kier alpha value is -3.64. The van der Waals surface area contributed by atoms with Crippen LogP contribution in [0.4, 0.5) is 8.78 Å². The maximum absolute atomic E-state index is 14.5. The zero-order valence-corrected chi connectivity index (χ0v) is 27.3. The fraction of sp³-hybridized carbons (Fsp3) is 0.469. The van der Waals surface area contributed by atoms with Gasteiger partial charge in [-0.25, -0.2) is 18.6 Å². The molecule has 1 aliphatic heterocycles. The third-order valence-electron chi connectivity index (χ3n) is 8.02. The van der Waals surface area contributed by atoms with Gasteiger partial charge in [0.25, 0.3) is 0 Å². The van der Waals surface area contributed by atoms with Crippen LogP contribution in [0.5, 0.6) is 0 Å². The Kier molecular flexibility index (Phi) is 9.19. The molecule has 1 unspecified atom stereocenters. The molecule has 2 aliphatic rings. The van der Waals surface area contributed by atoms with Crippen molar-refractivity contribution in [3.05, 3.63) is 80.2 Å². The summed E-state index contributed by atoms with van der Waals surface area (Å²) in [4.78, 5) is 34.4. The van der Waals surface area contributed by atoms with E-state index in [9.17, 15) is 23.5 Å². The number of rotatable bonds is 8. The van der Waals surface area contributed by atoms with Gasteiger partial charge in [0.2, 0.25) is 0 Å². The van der Waals surface area contributed by atoms with E-state index in [2.05, 4.69) is 15.3 Å². The lowest BCUT2D eigenvalue weighted by atomic mass is 9.77. The molecule has 0 saturated heterocycles. The van der Waals surface area contributed by atoms with Gasteiger partial charge >= 0.3 is 11.9 Å². The van der Waals surface area contributed by atoms with E-state index in [0.717, 1.165) is 24.6 Å². The Morgan fingerprint density at radius 1 is 1.11 bits per heavy atom. The molecule has 1 aromatic carbocycles. The molecule has 2 aromatic heterocycles. The van der Waals surface area contributed by atoms with Gasteiger partial charge in [0.15, 0.2) is 22.5 Å². The molecule has 3 heterocycles. The summed E-state index contributed by atoms with van der Waals surface area (Å²) in [5.74, 6) is -3.57. The number of carbonyl (C=O) groups excluding carboxylic acids is 1. The molecule has 0 bridgehead atoms. The molecule has 0 amide bonds. The van der Waals surface area contributed by atoms with Crippen molar-refractivity contribution in [2.45, 2.75) is 84.4 Å². The summed E-state index contributed by atoms with van der Waals surface area (Å²) in [6, 6.07) is 3.00. The SMILES string of the molecule is CC(C)(C)OC(=O)C(C)(C)Cn1ccc(C2CCC(C3=C(C(=O)O)C(c4ccc(F)c(F)c4Cl)N=C(c4nccs4)N3)CC2)n1.